The van der Waals surface area contributed by atoms with Gasteiger partial charge in [-0.1, -0.05) is 47.4 Å². The van der Waals surface area contributed by atoms with Crippen molar-refractivity contribution in [3.8, 4) is 0 Å². The molecular weight excluding hydrogens is 476 g/mol. The van der Waals surface area contributed by atoms with Crippen LogP contribution in [0.3, 0.4) is 0 Å². The van der Waals surface area contributed by atoms with E-state index >= 15 is 0 Å². The molecule has 1 aromatic heterocycles. The lowest BCUT2D eigenvalue weighted by molar-refractivity contribution is -0.670. The highest BCUT2D eigenvalue weighted by atomic mass is 32.3. The second-order valence-corrected chi connectivity index (χ2v) is 11.0. The van der Waals surface area contributed by atoms with Gasteiger partial charge in [-0.3, -0.25) is 4.55 Å². The Kier molecular flexibility index (Phi) is 7.25. The first-order chi connectivity index (χ1) is 15.7. The molecule has 1 atom stereocenters. The molecule has 0 fully saturated rings. The van der Waals surface area contributed by atoms with Gasteiger partial charge in [-0.05, 0) is 50.6 Å². The van der Waals surface area contributed by atoms with Crippen molar-refractivity contribution in [2.75, 3.05) is 11.4 Å². The van der Waals surface area contributed by atoms with E-state index in [-0.39, 0.29) is 0 Å². The molecule has 0 aliphatic carbocycles. The Hall–Kier alpha value is -2.17. The third-order valence-electron chi connectivity index (χ3n) is 5.34. The SMILES string of the molecule is CCN1/C(=C/C(C)=C/c2sc3ccccc3[n+]2CC[C@H](C)OS(=O)(=O)O)Sc2ccccc21. The van der Waals surface area contributed by atoms with Gasteiger partial charge in [0.25, 0.3) is 5.01 Å². The van der Waals surface area contributed by atoms with E-state index in [1.165, 1.54) is 15.6 Å². The second-order valence-electron chi connectivity index (χ2n) is 7.87. The predicted octanol–water partition coefficient (Wildman–Crippen LogP) is 5.66. The molecule has 0 radical (unpaired) electrons. The van der Waals surface area contributed by atoms with Crippen molar-refractivity contribution in [3.05, 3.63) is 70.2 Å². The van der Waals surface area contributed by atoms with Crippen LogP contribution in [0, 0.1) is 0 Å². The summed E-state index contributed by atoms with van der Waals surface area (Å²) >= 11 is 3.48. The molecule has 1 aliphatic heterocycles. The van der Waals surface area contributed by atoms with E-state index in [0.29, 0.717) is 13.0 Å². The molecular formula is C24H27N2O4S3+. The molecule has 1 aliphatic rings. The summed E-state index contributed by atoms with van der Waals surface area (Å²) in [5, 5.41) is 2.28. The molecule has 0 amide bonds. The first-order valence-corrected chi connectivity index (χ1v) is 13.8. The van der Waals surface area contributed by atoms with Gasteiger partial charge < -0.3 is 4.90 Å². The van der Waals surface area contributed by atoms with E-state index in [2.05, 4.69) is 71.9 Å². The summed E-state index contributed by atoms with van der Waals surface area (Å²) in [6.45, 7) is 7.37. The van der Waals surface area contributed by atoms with E-state index in [9.17, 15) is 8.42 Å². The van der Waals surface area contributed by atoms with Crippen LogP contribution in [0.25, 0.3) is 16.3 Å². The molecule has 0 bridgehead atoms. The Balaban J connectivity index is 1.63. The molecule has 0 spiro atoms. The summed E-state index contributed by atoms with van der Waals surface area (Å²) in [6, 6.07) is 16.6. The number of hydrogen-bond donors (Lipinski definition) is 1. The van der Waals surface area contributed by atoms with Crippen LogP contribution in [0.4, 0.5) is 5.69 Å². The standard InChI is InChI=1S/C24H26N2O4S3/c1-4-25-19-9-5-7-11-21(19)31-23(25)15-17(2)16-24-26(14-13-18(3)30-33(27,28)29)20-10-6-8-12-22(20)32-24/h5-12,15-16,18H,4,13-14H2,1-3H3/p+1/t18-/m0/s1. The predicted molar refractivity (Wildman–Crippen MR) is 136 cm³/mol. The molecule has 1 N–H and O–H groups in total. The number of aromatic nitrogens is 1. The highest BCUT2D eigenvalue weighted by Gasteiger charge is 2.24. The van der Waals surface area contributed by atoms with Crippen molar-refractivity contribution >= 4 is 55.5 Å². The molecule has 2 aromatic carbocycles. The Labute approximate surface area is 203 Å². The largest absolute Gasteiger partial charge is 0.397 e. The van der Waals surface area contributed by atoms with Gasteiger partial charge in [-0.25, -0.2) is 4.18 Å². The smallest absolute Gasteiger partial charge is 0.335 e. The van der Waals surface area contributed by atoms with Gasteiger partial charge in [0.1, 0.15) is 4.70 Å². The fourth-order valence-corrected chi connectivity index (χ4v) is 6.82. The van der Waals surface area contributed by atoms with Crippen molar-refractivity contribution in [1.29, 1.82) is 0 Å². The van der Waals surface area contributed by atoms with Gasteiger partial charge in [0, 0.05) is 30.0 Å². The maximum absolute atomic E-state index is 11.0. The van der Waals surface area contributed by atoms with Crippen molar-refractivity contribution < 1.29 is 21.7 Å². The fraction of sp³-hybridized carbons (Fsp3) is 0.292. The first kappa shape index (κ1) is 24.0. The van der Waals surface area contributed by atoms with Gasteiger partial charge in [0.05, 0.1) is 16.8 Å². The highest BCUT2D eigenvalue weighted by Crippen LogP contribution is 2.45. The number of thioether (sulfide) groups is 1. The first-order valence-electron chi connectivity index (χ1n) is 10.8. The zero-order valence-corrected chi connectivity index (χ0v) is 21.2. The second kappa shape index (κ2) is 9.99. The van der Waals surface area contributed by atoms with Crippen LogP contribution in [0.2, 0.25) is 0 Å². The monoisotopic (exact) mass is 503 g/mol. The Morgan fingerprint density at radius 3 is 2.70 bits per heavy atom. The van der Waals surface area contributed by atoms with E-state index < -0.39 is 16.5 Å². The fourth-order valence-electron chi connectivity index (χ4n) is 3.88. The normalized spacial score (nSPS) is 16.5. The van der Waals surface area contributed by atoms with E-state index in [1.54, 1.807) is 30.0 Å². The maximum atomic E-state index is 11.0. The van der Waals surface area contributed by atoms with Crippen LogP contribution in [-0.4, -0.2) is 25.6 Å². The summed E-state index contributed by atoms with van der Waals surface area (Å²) in [7, 11) is -4.46. The third kappa shape index (κ3) is 5.67. The summed E-state index contributed by atoms with van der Waals surface area (Å²) in [5.41, 5.74) is 3.46. The lowest BCUT2D eigenvalue weighted by Gasteiger charge is -2.17. The molecule has 6 nitrogen and oxygen atoms in total. The van der Waals surface area contributed by atoms with E-state index in [1.807, 2.05) is 12.1 Å². The Morgan fingerprint density at radius 1 is 1.21 bits per heavy atom. The quantitative estimate of drug-likeness (QED) is 0.316. The molecule has 4 rings (SSSR count). The van der Waals surface area contributed by atoms with Gasteiger partial charge in [0.15, 0.2) is 6.54 Å². The number of nitrogens with zero attached hydrogens (tertiary/aromatic N) is 2. The van der Waals surface area contributed by atoms with Gasteiger partial charge >= 0.3 is 10.4 Å². The number of fused-ring (bicyclic) bond motifs is 2. The van der Waals surface area contributed by atoms with Crippen molar-refractivity contribution in [1.82, 2.24) is 0 Å². The lowest BCUT2D eigenvalue weighted by Crippen LogP contribution is -2.37. The summed E-state index contributed by atoms with van der Waals surface area (Å²) in [4.78, 5) is 3.59. The molecule has 0 saturated carbocycles. The Morgan fingerprint density at radius 2 is 1.94 bits per heavy atom. The van der Waals surface area contributed by atoms with Crippen LogP contribution in [0.1, 0.15) is 32.2 Å². The van der Waals surface area contributed by atoms with Crippen LogP contribution in [0.15, 0.2) is 70.1 Å². The molecule has 174 valence electrons. The number of hydrogen-bond acceptors (Lipinski definition) is 6. The number of thiazole rings is 1. The minimum atomic E-state index is -4.46. The molecule has 0 saturated heterocycles. The van der Waals surface area contributed by atoms with Crippen molar-refractivity contribution in [2.24, 2.45) is 0 Å². The van der Waals surface area contributed by atoms with Crippen molar-refractivity contribution in [2.45, 2.75) is 44.7 Å². The molecule has 33 heavy (non-hydrogen) atoms. The molecule has 0 unspecified atom stereocenters. The van der Waals surface area contributed by atoms with Crippen LogP contribution in [-0.2, 0) is 21.1 Å². The van der Waals surface area contributed by atoms with Crippen molar-refractivity contribution in [3.63, 3.8) is 0 Å². The van der Waals surface area contributed by atoms with E-state index in [0.717, 1.165) is 27.3 Å². The minimum Gasteiger partial charge on any atom is -0.335 e. The van der Waals surface area contributed by atoms with Gasteiger partial charge in [0.2, 0.25) is 5.52 Å². The third-order valence-corrected chi connectivity index (χ3v) is 8.13. The van der Waals surface area contributed by atoms with Crippen LogP contribution in [0.5, 0.6) is 0 Å². The van der Waals surface area contributed by atoms with E-state index in [4.69, 9.17) is 8.74 Å². The number of para-hydroxylation sites is 2. The number of allylic oxidation sites excluding steroid dienone is 2. The minimum absolute atomic E-state index is 0.445. The van der Waals surface area contributed by atoms with Crippen LogP contribution >= 0.6 is 23.1 Å². The summed E-state index contributed by atoms with van der Waals surface area (Å²) in [5.74, 6) is 0. The number of rotatable bonds is 8. The summed E-state index contributed by atoms with van der Waals surface area (Å²) < 4.78 is 39.1. The lowest BCUT2D eigenvalue weighted by atomic mass is 10.2. The number of benzene rings is 2. The highest BCUT2D eigenvalue weighted by molar-refractivity contribution is 8.03. The average Bonchev–Trinajstić information content (AvgIpc) is 3.27. The number of aryl methyl sites for hydroxylation is 1. The molecule has 3 aromatic rings. The van der Waals surface area contributed by atoms with Crippen LogP contribution < -0.4 is 9.47 Å². The van der Waals surface area contributed by atoms with Gasteiger partial charge in [-0.2, -0.15) is 13.0 Å². The Bertz CT molecular complexity index is 1330. The maximum Gasteiger partial charge on any atom is 0.397 e. The summed E-state index contributed by atoms with van der Waals surface area (Å²) in [6.07, 6.45) is 4.20. The number of anilines is 1. The topological polar surface area (TPSA) is 70.7 Å². The zero-order valence-electron chi connectivity index (χ0n) is 18.8. The zero-order chi connectivity index (χ0) is 23.6. The average molecular weight is 504 g/mol. The van der Waals surface area contributed by atoms with Gasteiger partial charge in [-0.15, -0.1) is 0 Å². The molecule has 9 heteroatoms. The molecule has 2 heterocycles.